The minimum atomic E-state index is -3.07. The van der Waals surface area contributed by atoms with Gasteiger partial charge in [0.25, 0.3) is 0 Å². The maximum atomic E-state index is 11.3. The van der Waals surface area contributed by atoms with Crippen LogP contribution in [0.15, 0.2) is 0 Å². The van der Waals surface area contributed by atoms with Gasteiger partial charge in [-0.3, -0.25) is 0 Å². The first kappa shape index (κ1) is 10.9. The Labute approximate surface area is 80.1 Å². The Hall–Kier alpha value is -0.130. The molecule has 2 N–H and O–H groups in total. The number of nitrogens with one attached hydrogen (secondary N) is 2. The van der Waals surface area contributed by atoms with Crippen LogP contribution in [0.1, 0.15) is 26.7 Å². The largest absolute Gasteiger partial charge is 0.313 e. The fourth-order valence-corrected chi connectivity index (χ4v) is 1.64. The van der Waals surface area contributed by atoms with E-state index in [1.165, 1.54) is 12.8 Å². The second-order valence-corrected chi connectivity index (χ2v) is 6.04. The Bertz CT molecular complexity index is 245. The van der Waals surface area contributed by atoms with Gasteiger partial charge in [-0.1, -0.05) is 0 Å². The molecule has 0 aromatic rings. The van der Waals surface area contributed by atoms with Crippen LogP contribution >= 0.6 is 0 Å². The Morgan fingerprint density at radius 1 is 1.31 bits per heavy atom. The predicted molar refractivity (Wildman–Crippen MR) is 53.1 cm³/mol. The Kier molecular flexibility index (Phi) is 3.70. The van der Waals surface area contributed by atoms with Gasteiger partial charge in [0.2, 0.25) is 10.0 Å². The van der Waals surface area contributed by atoms with Crippen molar-refractivity contribution in [3.05, 3.63) is 0 Å². The van der Waals surface area contributed by atoms with Crippen molar-refractivity contribution in [3.63, 3.8) is 0 Å². The number of rotatable bonds is 6. The van der Waals surface area contributed by atoms with Crippen molar-refractivity contribution in [2.24, 2.45) is 0 Å². The molecule has 1 aliphatic rings. The van der Waals surface area contributed by atoms with Crippen LogP contribution in [0, 0.1) is 0 Å². The van der Waals surface area contributed by atoms with Gasteiger partial charge in [0.15, 0.2) is 0 Å². The van der Waals surface area contributed by atoms with E-state index in [-0.39, 0.29) is 5.25 Å². The molecule has 1 fully saturated rings. The van der Waals surface area contributed by atoms with E-state index < -0.39 is 10.0 Å². The molecule has 5 heteroatoms. The fourth-order valence-electron chi connectivity index (χ4n) is 0.924. The molecule has 13 heavy (non-hydrogen) atoms. The molecule has 0 radical (unpaired) electrons. The van der Waals surface area contributed by atoms with Crippen molar-refractivity contribution in [3.8, 4) is 0 Å². The summed E-state index contributed by atoms with van der Waals surface area (Å²) >= 11 is 0. The third-order valence-electron chi connectivity index (χ3n) is 2.06. The van der Waals surface area contributed by atoms with Gasteiger partial charge in [0.05, 0.1) is 5.25 Å². The highest BCUT2D eigenvalue weighted by atomic mass is 32.2. The van der Waals surface area contributed by atoms with Crippen LogP contribution in [0.2, 0.25) is 0 Å². The monoisotopic (exact) mass is 206 g/mol. The van der Waals surface area contributed by atoms with Gasteiger partial charge in [0, 0.05) is 19.1 Å². The number of hydrogen-bond acceptors (Lipinski definition) is 3. The van der Waals surface area contributed by atoms with E-state index in [2.05, 4.69) is 10.0 Å². The van der Waals surface area contributed by atoms with E-state index in [1.54, 1.807) is 13.8 Å². The number of sulfonamides is 1. The normalized spacial score (nSPS) is 18.1. The zero-order valence-corrected chi connectivity index (χ0v) is 9.02. The fraction of sp³-hybridized carbons (Fsp3) is 1.00. The summed E-state index contributed by atoms with van der Waals surface area (Å²) in [5.41, 5.74) is 0. The standard InChI is InChI=1S/C8H18N2O2S/c1-7(2)13(11,12)10-6-5-9-8-3-4-8/h7-10H,3-6H2,1-2H3. The lowest BCUT2D eigenvalue weighted by Crippen LogP contribution is -2.36. The van der Waals surface area contributed by atoms with Gasteiger partial charge in [-0.25, -0.2) is 13.1 Å². The van der Waals surface area contributed by atoms with Crippen molar-refractivity contribution in [2.75, 3.05) is 13.1 Å². The van der Waals surface area contributed by atoms with E-state index in [4.69, 9.17) is 0 Å². The molecule has 0 bridgehead atoms. The van der Waals surface area contributed by atoms with E-state index in [0.29, 0.717) is 12.6 Å². The molecule has 0 saturated heterocycles. The Balaban J connectivity index is 2.09. The summed E-state index contributed by atoms with van der Waals surface area (Å²) in [6.45, 7) is 4.58. The molecule has 0 spiro atoms. The van der Waals surface area contributed by atoms with Crippen LogP contribution in [0.3, 0.4) is 0 Å². The van der Waals surface area contributed by atoms with Gasteiger partial charge in [-0.2, -0.15) is 0 Å². The van der Waals surface area contributed by atoms with Crippen LogP contribution in [0.5, 0.6) is 0 Å². The molecule has 0 aromatic carbocycles. The summed E-state index contributed by atoms with van der Waals surface area (Å²) in [5, 5.41) is 2.90. The summed E-state index contributed by atoms with van der Waals surface area (Å²) < 4.78 is 25.1. The van der Waals surface area contributed by atoms with Crippen LogP contribution in [-0.2, 0) is 10.0 Å². The van der Waals surface area contributed by atoms with Crippen LogP contribution in [0.25, 0.3) is 0 Å². The average Bonchev–Trinajstić information content (AvgIpc) is 2.81. The van der Waals surface area contributed by atoms with Crippen molar-refractivity contribution >= 4 is 10.0 Å². The third-order valence-corrected chi connectivity index (χ3v) is 3.91. The van der Waals surface area contributed by atoms with Crippen molar-refractivity contribution in [2.45, 2.75) is 38.0 Å². The quantitative estimate of drug-likeness (QED) is 0.604. The molecule has 0 aromatic heterocycles. The maximum absolute atomic E-state index is 11.3. The topological polar surface area (TPSA) is 58.2 Å². The van der Waals surface area contributed by atoms with Crippen LogP contribution in [0.4, 0.5) is 0 Å². The zero-order valence-electron chi connectivity index (χ0n) is 8.21. The molecular formula is C8H18N2O2S. The van der Waals surface area contributed by atoms with Gasteiger partial charge in [-0.05, 0) is 26.7 Å². The summed E-state index contributed by atoms with van der Waals surface area (Å²) in [5.74, 6) is 0. The van der Waals surface area contributed by atoms with Crippen LogP contribution in [-0.4, -0.2) is 32.8 Å². The molecule has 0 amide bonds. The molecule has 1 saturated carbocycles. The molecule has 1 aliphatic carbocycles. The summed E-state index contributed by atoms with van der Waals surface area (Å²) in [7, 11) is -3.07. The smallest absolute Gasteiger partial charge is 0.213 e. The highest BCUT2D eigenvalue weighted by molar-refractivity contribution is 7.90. The van der Waals surface area contributed by atoms with Gasteiger partial charge in [-0.15, -0.1) is 0 Å². The van der Waals surface area contributed by atoms with Crippen molar-refractivity contribution in [1.29, 1.82) is 0 Å². The molecule has 0 atom stereocenters. The Morgan fingerprint density at radius 3 is 2.38 bits per heavy atom. The van der Waals surface area contributed by atoms with Gasteiger partial charge < -0.3 is 5.32 Å². The highest BCUT2D eigenvalue weighted by Crippen LogP contribution is 2.17. The molecule has 4 nitrogen and oxygen atoms in total. The molecule has 0 aliphatic heterocycles. The first-order valence-corrected chi connectivity index (χ1v) is 6.29. The molecule has 1 rings (SSSR count). The molecule has 78 valence electrons. The highest BCUT2D eigenvalue weighted by Gasteiger charge is 2.20. The minimum Gasteiger partial charge on any atom is -0.313 e. The maximum Gasteiger partial charge on any atom is 0.213 e. The molecule has 0 unspecified atom stereocenters. The summed E-state index contributed by atoms with van der Waals surface area (Å²) in [6.07, 6.45) is 2.47. The predicted octanol–water partition coefficient (Wildman–Crippen LogP) is 0.0662. The Morgan fingerprint density at radius 2 is 1.92 bits per heavy atom. The van der Waals surface area contributed by atoms with E-state index >= 15 is 0 Å². The lowest BCUT2D eigenvalue weighted by atomic mass is 10.6. The zero-order chi connectivity index (χ0) is 9.90. The summed E-state index contributed by atoms with van der Waals surface area (Å²) in [6, 6.07) is 0.642. The first-order chi connectivity index (χ1) is 6.02. The first-order valence-electron chi connectivity index (χ1n) is 4.74. The lowest BCUT2D eigenvalue weighted by molar-refractivity contribution is 0.567. The van der Waals surface area contributed by atoms with E-state index in [0.717, 1.165) is 6.54 Å². The lowest BCUT2D eigenvalue weighted by Gasteiger charge is -2.09. The van der Waals surface area contributed by atoms with Crippen molar-refractivity contribution < 1.29 is 8.42 Å². The van der Waals surface area contributed by atoms with Crippen molar-refractivity contribution in [1.82, 2.24) is 10.0 Å². The minimum absolute atomic E-state index is 0.339. The number of hydrogen-bond donors (Lipinski definition) is 2. The SMILES string of the molecule is CC(C)S(=O)(=O)NCCNC1CC1. The van der Waals surface area contributed by atoms with Gasteiger partial charge in [0.1, 0.15) is 0 Å². The third kappa shape index (κ3) is 4.06. The van der Waals surface area contributed by atoms with Crippen LogP contribution < -0.4 is 10.0 Å². The van der Waals surface area contributed by atoms with Gasteiger partial charge >= 0.3 is 0 Å². The molecule has 0 heterocycles. The summed E-state index contributed by atoms with van der Waals surface area (Å²) in [4.78, 5) is 0. The second kappa shape index (κ2) is 4.39. The average molecular weight is 206 g/mol. The second-order valence-electron chi connectivity index (χ2n) is 3.72. The molecular weight excluding hydrogens is 188 g/mol. The van der Waals surface area contributed by atoms with E-state index in [1.807, 2.05) is 0 Å². The van der Waals surface area contributed by atoms with E-state index in [9.17, 15) is 8.42 Å².